The van der Waals surface area contributed by atoms with Crippen molar-refractivity contribution in [2.45, 2.75) is 84.2 Å². The van der Waals surface area contributed by atoms with E-state index >= 15 is 0 Å². The predicted molar refractivity (Wildman–Crippen MR) is 93.4 cm³/mol. The van der Waals surface area contributed by atoms with Crippen LogP contribution < -0.4 is 0 Å². The lowest BCUT2D eigenvalue weighted by Gasteiger charge is -2.39. The van der Waals surface area contributed by atoms with Crippen molar-refractivity contribution in [2.75, 3.05) is 6.61 Å². The molecule has 0 aromatic heterocycles. The molecule has 0 fully saturated rings. The van der Waals surface area contributed by atoms with Crippen molar-refractivity contribution in [1.29, 1.82) is 0 Å². The third-order valence-electron chi connectivity index (χ3n) is 3.75. The molecule has 0 bridgehead atoms. The summed E-state index contributed by atoms with van der Waals surface area (Å²) < 4.78 is 11.7. The number of carbonyl (C=O) groups is 1. The molecular formula is C17H34O4Si. The summed E-state index contributed by atoms with van der Waals surface area (Å²) in [6.07, 6.45) is 4.17. The van der Waals surface area contributed by atoms with E-state index in [4.69, 9.17) is 14.3 Å². The first kappa shape index (κ1) is 21.3. The van der Waals surface area contributed by atoms with Gasteiger partial charge in [-0.15, -0.1) is 0 Å². The highest BCUT2D eigenvalue weighted by atomic mass is 28.4. The van der Waals surface area contributed by atoms with Gasteiger partial charge in [-0.3, -0.25) is 4.79 Å². The fourth-order valence-corrected chi connectivity index (χ4v) is 3.02. The van der Waals surface area contributed by atoms with Gasteiger partial charge in [0.05, 0.1) is 19.1 Å². The normalized spacial score (nSPS) is 15.1. The predicted octanol–water partition coefficient (Wildman–Crippen LogP) is 4.05. The zero-order chi connectivity index (χ0) is 17.6. The molecule has 0 saturated heterocycles. The molecule has 22 heavy (non-hydrogen) atoms. The number of hydrogen-bond donors (Lipinski definition) is 1. The maximum absolute atomic E-state index is 12.1. The number of esters is 1. The molecule has 0 aliphatic heterocycles. The largest absolute Gasteiger partial charge is 0.460 e. The summed E-state index contributed by atoms with van der Waals surface area (Å²) in [6.45, 7) is 16.4. The Balaban J connectivity index is 4.91. The standard InChI is InChI=1S/C17H34O4Si/c1-16(2,3)20-15(19)13-14(11-9-10-12-18)21-22(7,8)17(4,5)6/h9-10,14,18H,11-13H2,1-8H3/b10-9+. The van der Waals surface area contributed by atoms with Gasteiger partial charge in [0.25, 0.3) is 0 Å². The molecule has 4 nitrogen and oxygen atoms in total. The van der Waals surface area contributed by atoms with Gasteiger partial charge in [-0.2, -0.15) is 0 Å². The smallest absolute Gasteiger partial charge is 0.308 e. The lowest BCUT2D eigenvalue weighted by molar-refractivity contribution is -0.156. The second-order valence-electron chi connectivity index (χ2n) is 8.18. The van der Waals surface area contributed by atoms with Gasteiger partial charge >= 0.3 is 5.97 Å². The Hall–Kier alpha value is -0.653. The molecule has 0 rings (SSSR count). The van der Waals surface area contributed by atoms with Crippen LogP contribution in [0.2, 0.25) is 18.1 Å². The van der Waals surface area contributed by atoms with Crippen LogP contribution in [-0.4, -0.2) is 37.7 Å². The van der Waals surface area contributed by atoms with Crippen molar-refractivity contribution in [1.82, 2.24) is 0 Å². The molecule has 5 heteroatoms. The lowest BCUT2D eigenvalue weighted by Crippen LogP contribution is -2.44. The molecule has 1 N–H and O–H groups in total. The molecule has 0 radical (unpaired) electrons. The van der Waals surface area contributed by atoms with Gasteiger partial charge in [0.2, 0.25) is 0 Å². The molecule has 1 unspecified atom stereocenters. The topological polar surface area (TPSA) is 55.8 Å². The molecule has 0 heterocycles. The Morgan fingerprint density at radius 1 is 1.14 bits per heavy atom. The fraction of sp³-hybridized carbons (Fsp3) is 0.824. The van der Waals surface area contributed by atoms with Crippen LogP contribution in [0.25, 0.3) is 0 Å². The first-order valence-electron chi connectivity index (χ1n) is 7.94. The van der Waals surface area contributed by atoms with Gasteiger partial charge in [0, 0.05) is 0 Å². The number of rotatable bonds is 7. The quantitative estimate of drug-likeness (QED) is 0.435. The molecule has 0 amide bonds. The van der Waals surface area contributed by atoms with Crippen LogP contribution >= 0.6 is 0 Å². The minimum Gasteiger partial charge on any atom is -0.460 e. The molecule has 1 atom stereocenters. The third-order valence-corrected chi connectivity index (χ3v) is 8.29. The first-order valence-corrected chi connectivity index (χ1v) is 10.8. The average molecular weight is 331 g/mol. The van der Waals surface area contributed by atoms with E-state index in [0.717, 1.165) is 0 Å². The van der Waals surface area contributed by atoms with Crippen LogP contribution in [0.1, 0.15) is 54.4 Å². The van der Waals surface area contributed by atoms with E-state index in [-0.39, 0.29) is 30.1 Å². The van der Waals surface area contributed by atoms with Gasteiger partial charge in [0.15, 0.2) is 8.32 Å². The van der Waals surface area contributed by atoms with Crippen molar-refractivity contribution in [2.24, 2.45) is 0 Å². The maximum Gasteiger partial charge on any atom is 0.308 e. The highest BCUT2D eigenvalue weighted by molar-refractivity contribution is 6.74. The summed E-state index contributed by atoms with van der Waals surface area (Å²) in [4.78, 5) is 12.1. The maximum atomic E-state index is 12.1. The Kier molecular flexibility index (Phi) is 8.02. The van der Waals surface area contributed by atoms with Crippen LogP contribution in [0.15, 0.2) is 12.2 Å². The highest BCUT2D eigenvalue weighted by Crippen LogP contribution is 2.38. The highest BCUT2D eigenvalue weighted by Gasteiger charge is 2.39. The van der Waals surface area contributed by atoms with E-state index < -0.39 is 13.9 Å². The number of hydrogen-bond acceptors (Lipinski definition) is 4. The van der Waals surface area contributed by atoms with E-state index in [9.17, 15) is 4.79 Å². The zero-order valence-electron chi connectivity index (χ0n) is 15.5. The minimum atomic E-state index is -1.96. The average Bonchev–Trinajstić information content (AvgIpc) is 2.24. The Bertz CT molecular complexity index is 375. The number of carbonyl (C=O) groups excluding carboxylic acids is 1. The number of aliphatic hydroxyl groups is 1. The molecule has 0 aromatic rings. The molecule has 0 aromatic carbocycles. The number of aliphatic hydroxyl groups excluding tert-OH is 1. The van der Waals surface area contributed by atoms with Crippen molar-refractivity contribution >= 4 is 14.3 Å². The summed E-state index contributed by atoms with van der Waals surface area (Å²) in [5.41, 5.74) is -0.487. The summed E-state index contributed by atoms with van der Waals surface area (Å²) in [6, 6.07) is 0. The van der Waals surface area contributed by atoms with E-state index in [0.29, 0.717) is 6.42 Å². The van der Waals surface area contributed by atoms with Crippen LogP contribution in [-0.2, 0) is 14.0 Å². The number of ether oxygens (including phenoxy) is 1. The molecule has 0 saturated carbocycles. The van der Waals surface area contributed by atoms with Gasteiger partial charge in [0.1, 0.15) is 5.60 Å². The molecule has 0 aliphatic carbocycles. The summed E-state index contributed by atoms with van der Waals surface area (Å²) in [5, 5.41) is 8.95. The third kappa shape index (κ3) is 8.71. The van der Waals surface area contributed by atoms with E-state index in [1.807, 2.05) is 26.8 Å². The van der Waals surface area contributed by atoms with Gasteiger partial charge in [-0.1, -0.05) is 32.9 Å². The van der Waals surface area contributed by atoms with Gasteiger partial charge < -0.3 is 14.3 Å². The SMILES string of the molecule is CC(C)(C)OC(=O)CC(C/C=C/CO)O[Si](C)(C)C(C)(C)C. The zero-order valence-corrected chi connectivity index (χ0v) is 16.5. The molecule has 130 valence electrons. The monoisotopic (exact) mass is 330 g/mol. The van der Waals surface area contributed by atoms with Crippen LogP contribution in [0.4, 0.5) is 0 Å². The van der Waals surface area contributed by atoms with Crippen LogP contribution in [0, 0.1) is 0 Å². The lowest BCUT2D eigenvalue weighted by atomic mass is 10.1. The minimum absolute atomic E-state index is 0.000744. The van der Waals surface area contributed by atoms with Crippen molar-refractivity contribution in [3.8, 4) is 0 Å². The van der Waals surface area contributed by atoms with Crippen molar-refractivity contribution < 1.29 is 19.1 Å². The van der Waals surface area contributed by atoms with Crippen LogP contribution in [0.5, 0.6) is 0 Å². The van der Waals surface area contributed by atoms with Gasteiger partial charge in [-0.05, 0) is 45.3 Å². The molecule has 0 spiro atoms. The van der Waals surface area contributed by atoms with E-state index in [2.05, 4.69) is 33.9 Å². The van der Waals surface area contributed by atoms with E-state index in [1.54, 1.807) is 6.08 Å². The summed E-state index contributed by atoms with van der Waals surface area (Å²) >= 11 is 0. The van der Waals surface area contributed by atoms with Crippen LogP contribution in [0.3, 0.4) is 0 Å². The molecular weight excluding hydrogens is 296 g/mol. The second kappa shape index (κ2) is 8.27. The van der Waals surface area contributed by atoms with Crippen molar-refractivity contribution in [3.63, 3.8) is 0 Å². The summed E-state index contributed by atoms with van der Waals surface area (Å²) in [5.74, 6) is -0.242. The van der Waals surface area contributed by atoms with E-state index in [1.165, 1.54) is 0 Å². The van der Waals surface area contributed by atoms with Crippen molar-refractivity contribution in [3.05, 3.63) is 12.2 Å². The fourth-order valence-electron chi connectivity index (χ4n) is 1.66. The Labute approximate surface area is 137 Å². The Morgan fingerprint density at radius 2 is 1.68 bits per heavy atom. The summed E-state index contributed by atoms with van der Waals surface area (Å²) in [7, 11) is -1.96. The molecule has 0 aliphatic rings. The second-order valence-corrected chi connectivity index (χ2v) is 12.9. The first-order chi connectivity index (χ1) is 9.78. The Morgan fingerprint density at radius 3 is 2.09 bits per heavy atom. The van der Waals surface area contributed by atoms with Gasteiger partial charge in [-0.25, -0.2) is 0 Å².